The second-order valence-electron chi connectivity index (χ2n) is 9.47. The molecular weight excluding hydrogens is 480 g/mol. The third-order valence-electron chi connectivity index (χ3n) is 6.43. The lowest BCUT2D eigenvalue weighted by Gasteiger charge is -2.28. The number of likely N-dealkylation sites (tertiary alicyclic amines) is 1. The van der Waals surface area contributed by atoms with Gasteiger partial charge >= 0.3 is 5.97 Å². The molecule has 200 valence electrons. The summed E-state index contributed by atoms with van der Waals surface area (Å²) in [5, 5.41) is 17.2. The molecule has 12 heteroatoms. The van der Waals surface area contributed by atoms with Gasteiger partial charge < -0.3 is 36.7 Å². The SMILES string of the molecule is CC(C)[C@H](N)C(=O)N1CCC[C@H]1C(=O)NCC(=O)N[C@@H](Cc1c[nH]c2ccccc12)C(=O)NCC(=O)O. The summed E-state index contributed by atoms with van der Waals surface area (Å²) in [6.07, 6.45) is 2.94. The Morgan fingerprint density at radius 2 is 1.86 bits per heavy atom. The maximum absolute atomic E-state index is 12.8. The van der Waals surface area contributed by atoms with Crippen molar-refractivity contribution in [1.82, 2.24) is 25.8 Å². The molecule has 0 spiro atoms. The van der Waals surface area contributed by atoms with Crippen LogP contribution in [0.2, 0.25) is 0 Å². The molecule has 7 N–H and O–H groups in total. The highest BCUT2D eigenvalue weighted by Crippen LogP contribution is 2.20. The highest BCUT2D eigenvalue weighted by molar-refractivity contribution is 5.94. The van der Waals surface area contributed by atoms with Crippen molar-refractivity contribution >= 4 is 40.5 Å². The Labute approximate surface area is 214 Å². The maximum Gasteiger partial charge on any atom is 0.322 e. The molecular formula is C25H34N6O6. The van der Waals surface area contributed by atoms with Crippen LogP contribution in [0, 0.1) is 5.92 Å². The number of H-pyrrole nitrogens is 1. The molecule has 3 atom stereocenters. The lowest BCUT2D eigenvalue weighted by atomic mass is 10.0. The molecule has 0 bridgehead atoms. The van der Waals surface area contributed by atoms with Crippen molar-refractivity contribution in [2.24, 2.45) is 11.7 Å². The summed E-state index contributed by atoms with van der Waals surface area (Å²) < 4.78 is 0. The normalized spacial score (nSPS) is 16.9. The Morgan fingerprint density at radius 1 is 1.14 bits per heavy atom. The van der Waals surface area contributed by atoms with Gasteiger partial charge in [0.15, 0.2) is 0 Å². The zero-order valence-corrected chi connectivity index (χ0v) is 21.0. The predicted octanol–water partition coefficient (Wildman–Crippen LogP) is -0.513. The third kappa shape index (κ3) is 7.06. The molecule has 4 amide bonds. The number of carboxylic acid groups (broad SMARTS) is 1. The van der Waals surface area contributed by atoms with E-state index in [1.54, 1.807) is 6.20 Å². The van der Waals surface area contributed by atoms with Crippen LogP contribution in [-0.2, 0) is 30.4 Å². The number of aliphatic carboxylic acids is 1. The molecule has 2 heterocycles. The Kier molecular flexibility index (Phi) is 9.23. The monoisotopic (exact) mass is 514 g/mol. The van der Waals surface area contributed by atoms with Gasteiger partial charge in [0.25, 0.3) is 0 Å². The van der Waals surface area contributed by atoms with Crippen molar-refractivity contribution in [3.63, 3.8) is 0 Å². The van der Waals surface area contributed by atoms with Crippen molar-refractivity contribution < 1.29 is 29.1 Å². The number of para-hydroxylation sites is 1. The van der Waals surface area contributed by atoms with Crippen LogP contribution in [0.25, 0.3) is 10.9 Å². The van der Waals surface area contributed by atoms with Crippen molar-refractivity contribution in [3.8, 4) is 0 Å². The van der Waals surface area contributed by atoms with Crippen LogP contribution in [-0.4, -0.2) is 82.3 Å². The summed E-state index contributed by atoms with van der Waals surface area (Å²) in [7, 11) is 0. The van der Waals surface area contributed by atoms with Gasteiger partial charge in [-0.05, 0) is 30.4 Å². The lowest BCUT2D eigenvalue weighted by Crippen LogP contribution is -2.54. The molecule has 1 fully saturated rings. The van der Waals surface area contributed by atoms with Gasteiger partial charge in [-0.15, -0.1) is 0 Å². The quantitative estimate of drug-likeness (QED) is 0.233. The Hall–Kier alpha value is -3.93. The zero-order valence-electron chi connectivity index (χ0n) is 21.0. The molecule has 0 radical (unpaired) electrons. The molecule has 0 saturated carbocycles. The van der Waals surface area contributed by atoms with Crippen molar-refractivity contribution in [2.75, 3.05) is 19.6 Å². The number of benzene rings is 1. The first-order valence-corrected chi connectivity index (χ1v) is 12.3. The van der Waals surface area contributed by atoms with Gasteiger partial charge in [0, 0.05) is 30.1 Å². The highest BCUT2D eigenvalue weighted by Gasteiger charge is 2.37. The van der Waals surface area contributed by atoms with Gasteiger partial charge in [-0.1, -0.05) is 32.0 Å². The number of rotatable bonds is 11. The Morgan fingerprint density at radius 3 is 2.57 bits per heavy atom. The van der Waals surface area contributed by atoms with Gasteiger partial charge in [0.05, 0.1) is 12.6 Å². The molecule has 1 aromatic carbocycles. The minimum atomic E-state index is -1.22. The van der Waals surface area contributed by atoms with E-state index in [2.05, 4.69) is 20.9 Å². The van der Waals surface area contributed by atoms with Crippen LogP contribution in [0.5, 0.6) is 0 Å². The number of hydrogen-bond acceptors (Lipinski definition) is 6. The summed E-state index contributed by atoms with van der Waals surface area (Å²) in [5.41, 5.74) is 7.59. The fraction of sp³-hybridized carbons (Fsp3) is 0.480. The number of carbonyl (C=O) groups is 5. The van der Waals surface area contributed by atoms with Crippen molar-refractivity contribution in [2.45, 2.75) is 51.2 Å². The van der Waals surface area contributed by atoms with Gasteiger partial charge in [-0.2, -0.15) is 0 Å². The number of fused-ring (bicyclic) bond motifs is 1. The van der Waals surface area contributed by atoms with Crippen LogP contribution in [0.1, 0.15) is 32.3 Å². The summed E-state index contributed by atoms with van der Waals surface area (Å²) in [6.45, 7) is 3.07. The third-order valence-corrected chi connectivity index (χ3v) is 6.43. The average molecular weight is 515 g/mol. The van der Waals surface area contributed by atoms with E-state index in [9.17, 15) is 24.0 Å². The summed E-state index contributed by atoms with van der Waals surface area (Å²) in [5.74, 6) is -3.36. The van der Waals surface area contributed by atoms with Crippen LogP contribution >= 0.6 is 0 Å². The molecule has 3 rings (SSSR count). The smallest absolute Gasteiger partial charge is 0.322 e. The molecule has 1 saturated heterocycles. The number of hydrogen-bond donors (Lipinski definition) is 6. The first kappa shape index (κ1) is 27.7. The Bertz CT molecular complexity index is 1160. The standard InChI is InChI=1S/C25H34N6O6/c1-14(2)22(26)25(37)31-9-5-8-19(31)24(36)28-12-20(32)30-18(23(35)29-13-21(33)34)10-15-11-27-17-7-4-3-6-16(15)17/h3-4,6-7,11,14,18-19,22,27H,5,8-10,12-13,26H2,1-2H3,(H,28,36)(H,29,35)(H,30,32)(H,33,34)/t18-,19-,22-/m0/s1. The molecule has 1 aliphatic heterocycles. The first-order chi connectivity index (χ1) is 17.6. The number of nitrogens with one attached hydrogen (secondary N) is 4. The number of aromatic amines is 1. The van der Waals surface area contributed by atoms with Gasteiger partial charge in [0.2, 0.25) is 23.6 Å². The van der Waals surface area contributed by atoms with E-state index in [-0.39, 0.29) is 18.2 Å². The minimum Gasteiger partial charge on any atom is -0.480 e. The average Bonchev–Trinajstić information content (AvgIpc) is 3.52. The molecule has 0 unspecified atom stereocenters. The van der Waals surface area contributed by atoms with Crippen LogP contribution in [0.15, 0.2) is 30.5 Å². The number of carboxylic acids is 1. The van der Waals surface area contributed by atoms with Gasteiger partial charge in [-0.3, -0.25) is 24.0 Å². The summed E-state index contributed by atoms with van der Waals surface area (Å²) in [6, 6.07) is 4.94. The molecule has 1 aliphatic rings. The molecule has 12 nitrogen and oxygen atoms in total. The van der Waals surface area contributed by atoms with E-state index >= 15 is 0 Å². The van der Waals surface area contributed by atoms with Gasteiger partial charge in [-0.25, -0.2) is 0 Å². The highest BCUT2D eigenvalue weighted by atomic mass is 16.4. The topological polar surface area (TPSA) is 187 Å². The van der Waals surface area contributed by atoms with E-state index in [4.69, 9.17) is 10.8 Å². The number of carbonyl (C=O) groups excluding carboxylic acids is 4. The van der Waals surface area contributed by atoms with Crippen molar-refractivity contribution in [3.05, 3.63) is 36.0 Å². The van der Waals surface area contributed by atoms with E-state index in [1.807, 2.05) is 38.1 Å². The lowest BCUT2D eigenvalue weighted by molar-refractivity contribution is -0.140. The molecule has 0 aliphatic carbocycles. The summed E-state index contributed by atoms with van der Waals surface area (Å²) in [4.78, 5) is 66.3. The maximum atomic E-state index is 12.8. The molecule has 1 aromatic heterocycles. The molecule has 37 heavy (non-hydrogen) atoms. The van der Waals surface area contributed by atoms with Crippen LogP contribution in [0.4, 0.5) is 0 Å². The number of amides is 4. The minimum absolute atomic E-state index is 0.0797. The fourth-order valence-corrected chi connectivity index (χ4v) is 4.33. The van der Waals surface area contributed by atoms with E-state index < -0.39 is 54.9 Å². The summed E-state index contributed by atoms with van der Waals surface area (Å²) >= 11 is 0. The second kappa shape index (κ2) is 12.3. The second-order valence-corrected chi connectivity index (χ2v) is 9.47. The van der Waals surface area contributed by atoms with E-state index in [0.29, 0.717) is 19.4 Å². The predicted molar refractivity (Wildman–Crippen MR) is 135 cm³/mol. The van der Waals surface area contributed by atoms with Crippen LogP contribution < -0.4 is 21.7 Å². The first-order valence-electron chi connectivity index (χ1n) is 12.3. The van der Waals surface area contributed by atoms with Crippen LogP contribution in [0.3, 0.4) is 0 Å². The largest absolute Gasteiger partial charge is 0.480 e. The number of nitrogens with two attached hydrogens (primary N) is 1. The number of nitrogens with zero attached hydrogens (tertiary/aromatic N) is 1. The van der Waals surface area contributed by atoms with E-state index in [0.717, 1.165) is 16.5 Å². The fourth-order valence-electron chi connectivity index (χ4n) is 4.33. The molecule has 2 aromatic rings. The Balaban J connectivity index is 1.63. The van der Waals surface area contributed by atoms with E-state index in [1.165, 1.54) is 4.90 Å². The van der Waals surface area contributed by atoms with Gasteiger partial charge in [0.1, 0.15) is 18.6 Å². The zero-order chi connectivity index (χ0) is 27.1. The van der Waals surface area contributed by atoms with Crippen molar-refractivity contribution in [1.29, 1.82) is 0 Å². The number of aromatic nitrogens is 1.